The Bertz CT molecular complexity index is 114. The Morgan fingerprint density at radius 1 is 1.67 bits per heavy atom. The van der Waals surface area contributed by atoms with Crippen LogP contribution in [0.1, 0.15) is 0 Å². The first kappa shape index (κ1) is 3.85. The number of aromatic nitrogens is 1. The maximum atomic E-state index is 8.51. The van der Waals surface area contributed by atoms with Crippen molar-refractivity contribution in [1.82, 2.24) is 4.75 Å². The zero-order valence-electron chi connectivity index (χ0n) is 3.07. The van der Waals surface area contributed by atoms with Crippen molar-refractivity contribution >= 4 is 7.92 Å². The van der Waals surface area contributed by atoms with Crippen molar-refractivity contribution in [3.63, 3.8) is 0 Å². The lowest BCUT2D eigenvalue weighted by atomic mass is 10.8. The molecule has 0 saturated heterocycles. The van der Waals surface area contributed by atoms with E-state index < -0.39 is 7.92 Å². The maximum absolute atomic E-state index is 8.51. The van der Waals surface area contributed by atoms with E-state index in [1.165, 1.54) is 0 Å². The Morgan fingerprint density at radius 2 is 2.50 bits per heavy atom. The number of nitrogens with zero attached hydrogens (tertiary/aromatic N) is 1. The number of rotatable bonds is 0. The average Bonchev–Trinajstić information content (AvgIpc) is 1.86. The third-order valence-corrected chi connectivity index (χ3v) is 1.30. The molecule has 1 atom stereocenters. The fourth-order valence-corrected chi connectivity index (χ4v) is 0.782. The van der Waals surface area contributed by atoms with Gasteiger partial charge in [-0.2, -0.15) is 0 Å². The number of hydrogen-bond donors (Lipinski definition) is 1. The van der Waals surface area contributed by atoms with Gasteiger partial charge in [-0.15, -0.1) is 0 Å². The zero-order chi connectivity index (χ0) is 4.41. The molecule has 1 unspecified atom stereocenters. The molecule has 0 amide bonds. The van der Waals surface area contributed by atoms with Gasteiger partial charge in [-0.1, -0.05) is 0 Å². The normalized spacial score (nSPS) is 11.8. The molecule has 0 bridgehead atoms. The molecule has 1 heterocycles. The van der Waals surface area contributed by atoms with Crippen LogP contribution in [0.4, 0.5) is 0 Å². The molecule has 1 aromatic rings. The van der Waals surface area contributed by atoms with Crippen LogP contribution < -0.4 is 0 Å². The molecule has 0 spiro atoms. The van der Waals surface area contributed by atoms with E-state index in [1.807, 2.05) is 0 Å². The maximum Gasteiger partial charge on any atom is 0.106 e. The van der Waals surface area contributed by atoms with Gasteiger partial charge in [0.15, 0.2) is 0 Å². The summed E-state index contributed by atoms with van der Waals surface area (Å²) in [5.41, 5.74) is 0. The van der Waals surface area contributed by atoms with Gasteiger partial charge in [-0.3, -0.25) is 0 Å². The van der Waals surface area contributed by atoms with Gasteiger partial charge in [-0.25, -0.2) is 4.75 Å². The van der Waals surface area contributed by atoms with Crippen LogP contribution >= 0.6 is 7.92 Å². The number of hydrogen-bond acceptors (Lipinski definition) is 2. The largest absolute Gasteiger partial charge is 0.332 e. The van der Waals surface area contributed by atoms with Crippen molar-refractivity contribution in [2.75, 3.05) is 0 Å². The Morgan fingerprint density at radius 3 is 2.67 bits per heavy atom. The Hall–Kier alpha value is -0.330. The predicted octanol–water partition coefficient (Wildman–Crippen LogP) is 0.824. The predicted molar refractivity (Wildman–Crippen MR) is 24.6 cm³/mol. The third-order valence-electron chi connectivity index (χ3n) is 0.490. The van der Waals surface area contributed by atoms with Crippen LogP contribution in [-0.4, -0.2) is 9.64 Å². The van der Waals surface area contributed by atoms with Gasteiger partial charge < -0.3 is 4.89 Å². The first-order valence-electron chi connectivity index (χ1n) is 1.58. The van der Waals surface area contributed by atoms with Crippen LogP contribution in [0.2, 0.25) is 0 Å². The summed E-state index contributed by atoms with van der Waals surface area (Å²) in [4.78, 5) is 8.51. The summed E-state index contributed by atoms with van der Waals surface area (Å²) in [7, 11) is -1.08. The quantitative estimate of drug-likeness (QED) is 0.524. The van der Waals surface area contributed by atoms with Crippen LogP contribution in [-0.2, 0) is 0 Å². The molecule has 0 saturated carbocycles. The summed E-state index contributed by atoms with van der Waals surface area (Å²) < 4.78 is 3.62. The minimum atomic E-state index is -1.08. The molecule has 1 aromatic heterocycles. The van der Waals surface area contributed by atoms with Gasteiger partial charge in [0.1, 0.15) is 7.92 Å². The summed E-state index contributed by atoms with van der Waals surface area (Å²) >= 11 is 0. The highest BCUT2D eigenvalue weighted by atomic mass is 31.1. The molecule has 1 rings (SSSR count). The van der Waals surface area contributed by atoms with Crippen molar-refractivity contribution in [2.24, 2.45) is 0 Å². The first-order chi connectivity index (χ1) is 2.89. The Balaban J connectivity index is 3.05. The van der Waals surface area contributed by atoms with E-state index in [-0.39, 0.29) is 0 Å². The van der Waals surface area contributed by atoms with Gasteiger partial charge in [0, 0.05) is 12.0 Å². The highest BCUT2D eigenvalue weighted by molar-refractivity contribution is 7.38. The summed E-state index contributed by atoms with van der Waals surface area (Å²) in [6, 6.07) is 1.74. The minimum Gasteiger partial charge on any atom is -0.332 e. The molecule has 1 N–H and O–H groups in total. The average molecular weight is 101 g/mol. The SMILES string of the molecule is Op1cccn1. The topological polar surface area (TPSA) is 33.1 Å². The molecule has 0 fully saturated rings. The van der Waals surface area contributed by atoms with Gasteiger partial charge >= 0.3 is 0 Å². The summed E-state index contributed by atoms with van der Waals surface area (Å²) in [5.74, 6) is 1.68. The van der Waals surface area contributed by atoms with Crippen LogP contribution in [0.15, 0.2) is 18.1 Å². The smallest absolute Gasteiger partial charge is 0.106 e. The first-order valence-corrected chi connectivity index (χ1v) is 2.90. The second-order valence-electron chi connectivity index (χ2n) is 0.926. The molecule has 0 aliphatic carbocycles. The summed E-state index contributed by atoms with van der Waals surface area (Å²) in [6.45, 7) is 0. The summed E-state index contributed by atoms with van der Waals surface area (Å²) in [5, 5.41) is 0. The van der Waals surface area contributed by atoms with Gasteiger partial charge in [-0.05, 0) is 6.07 Å². The van der Waals surface area contributed by atoms with Crippen molar-refractivity contribution in [2.45, 2.75) is 0 Å². The molecule has 0 aromatic carbocycles. The molecule has 3 heteroatoms. The summed E-state index contributed by atoms with van der Waals surface area (Å²) in [6.07, 6.45) is 1.60. The van der Waals surface area contributed by atoms with E-state index in [2.05, 4.69) is 4.75 Å². The van der Waals surface area contributed by atoms with Gasteiger partial charge in [0.2, 0.25) is 0 Å². The van der Waals surface area contributed by atoms with Crippen molar-refractivity contribution in [3.8, 4) is 0 Å². The Kier molecular flexibility index (Phi) is 0.906. The van der Waals surface area contributed by atoms with Crippen LogP contribution in [0.3, 0.4) is 0 Å². The zero-order valence-corrected chi connectivity index (χ0v) is 3.97. The third kappa shape index (κ3) is 0.588. The molecular formula is C3H4NOP. The lowest BCUT2D eigenvalue weighted by Crippen LogP contribution is -1.43. The highest BCUT2D eigenvalue weighted by Gasteiger charge is 1.76. The van der Waals surface area contributed by atoms with E-state index in [0.717, 1.165) is 0 Å². The van der Waals surface area contributed by atoms with Crippen molar-refractivity contribution in [1.29, 1.82) is 0 Å². The molecule has 0 aliphatic rings. The van der Waals surface area contributed by atoms with Crippen LogP contribution in [0, 0.1) is 0 Å². The highest BCUT2D eigenvalue weighted by Crippen LogP contribution is 2.12. The molecule has 0 aliphatic heterocycles. The molecule has 0 radical (unpaired) electrons. The standard InChI is InChI=1S/C3H4NOP/c5-6-3-1-2-4-6/h1-3,5H. The monoisotopic (exact) mass is 101 g/mol. The van der Waals surface area contributed by atoms with Crippen LogP contribution in [0.25, 0.3) is 0 Å². The second kappa shape index (κ2) is 1.41. The lowest BCUT2D eigenvalue weighted by Gasteiger charge is -1.67. The second-order valence-corrected chi connectivity index (χ2v) is 2.10. The molecule has 2 nitrogen and oxygen atoms in total. The molecule has 32 valence electrons. The van der Waals surface area contributed by atoms with E-state index in [9.17, 15) is 0 Å². The fourth-order valence-electron chi connectivity index (χ4n) is 0.261. The lowest BCUT2D eigenvalue weighted by molar-refractivity contribution is 0.643. The van der Waals surface area contributed by atoms with E-state index in [0.29, 0.717) is 0 Å². The van der Waals surface area contributed by atoms with E-state index in [1.54, 1.807) is 18.1 Å². The van der Waals surface area contributed by atoms with Gasteiger partial charge in [0.05, 0.1) is 0 Å². The molecular weight excluding hydrogens is 97.0 g/mol. The van der Waals surface area contributed by atoms with E-state index >= 15 is 0 Å². The fraction of sp³-hybridized carbons (Fsp3) is 0. The van der Waals surface area contributed by atoms with Crippen molar-refractivity contribution < 1.29 is 4.89 Å². The minimum absolute atomic E-state index is 1.08. The Labute approximate surface area is 36.7 Å². The van der Waals surface area contributed by atoms with Crippen LogP contribution in [0.5, 0.6) is 0 Å². The van der Waals surface area contributed by atoms with Gasteiger partial charge in [0.25, 0.3) is 0 Å². The van der Waals surface area contributed by atoms with E-state index in [4.69, 9.17) is 4.89 Å². The van der Waals surface area contributed by atoms with Crippen molar-refractivity contribution in [3.05, 3.63) is 18.1 Å². The molecule has 6 heavy (non-hydrogen) atoms.